The number of esters is 1. The molecule has 5 heteroatoms. The molecule has 0 saturated carbocycles. The smallest absolute Gasteiger partial charge is 0.338 e. The molecule has 0 aliphatic rings. The van der Waals surface area contributed by atoms with Crippen LogP contribution >= 0.6 is 15.9 Å². The highest BCUT2D eigenvalue weighted by atomic mass is 79.9. The van der Waals surface area contributed by atoms with Crippen LogP contribution in [0.2, 0.25) is 0 Å². The lowest BCUT2D eigenvalue weighted by atomic mass is 10.0. The van der Waals surface area contributed by atoms with Gasteiger partial charge in [0.15, 0.2) is 0 Å². The summed E-state index contributed by atoms with van der Waals surface area (Å²) in [7, 11) is 0. The maximum absolute atomic E-state index is 11.8. The third-order valence-corrected chi connectivity index (χ3v) is 4.00. The van der Waals surface area contributed by atoms with Crippen molar-refractivity contribution in [3.8, 4) is 11.5 Å². The van der Waals surface area contributed by atoms with E-state index in [-0.39, 0.29) is 23.6 Å². The van der Waals surface area contributed by atoms with Gasteiger partial charge in [-0.05, 0) is 78.0 Å². The van der Waals surface area contributed by atoms with Crippen LogP contribution in [0.4, 0.5) is 0 Å². The summed E-state index contributed by atoms with van der Waals surface area (Å²) >= 11 is 3.16. The molecule has 4 nitrogen and oxygen atoms in total. The minimum Gasteiger partial charge on any atom is -0.508 e. The Kier molecular flexibility index (Phi) is 5.66. The van der Waals surface area contributed by atoms with Gasteiger partial charge in [0.1, 0.15) is 11.5 Å². The van der Waals surface area contributed by atoms with E-state index >= 15 is 0 Å². The van der Waals surface area contributed by atoms with Crippen molar-refractivity contribution in [3.63, 3.8) is 0 Å². The molecule has 0 radical (unpaired) electrons. The summed E-state index contributed by atoms with van der Waals surface area (Å²) in [6.45, 7) is 3.62. The Morgan fingerprint density at radius 1 is 1.09 bits per heavy atom. The summed E-state index contributed by atoms with van der Waals surface area (Å²) in [5.41, 5.74) is 2.23. The third kappa shape index (κ3) is 4.73. The predicted molar refractivity (Wildman–Crippen MR) is 91.9 cm³/mol. The van der Waals surface area contributed by atoms with Gasteiger partial charge in [-0.15, -0.1) is 0 Å². The van der Waals surface area contributed by atoms with Gasteiger partial charge in [0.25, 0.3) is 0 Å². The number of aromatic hydroxyl groups is 2. The lowest BCUT2D eigenvalue weighted by molar-refractivity contribution is 0.0378. The van der Waals surface area contributed by atoms with Gasteiger partial charge < -0.3 is 14.9 Å². The lowest BCUT2D eigenvalue weighted by Crippen LogP contribution is -2.11. The van der Waals surface area contributed by atoms with Crippen LogP contribution in [0.5, 0.6) is 11.5 Å². The SMILES string of the molecule is CC(C)OC(=O)c1ccc(CCc2cc(O)c(Br)cc2O)cc1. The lowest BCUT2D eigenvalue weighted by Gasteiger charge is -2.09. The number of carbonyl (C=O) groups is 1. The van der Waals surface area contributed by atoms with Crippen molar-refractivity contribution in [2.75, 3.05) is 0 Å². The second-order valence-corrected chi connectivity index (χ2v) is 6.44. The fraction of sp³-hybridized carbons (Fsp3) is 0.278. The molecule has 0 fully saturated rings. The maximum atomic E-state index is 11.8. The number of aryl methyl sites for hydroxylation is 2. The molecule has 0 heterocycles. The van der Waals surface area contributed by atoms with Crippen LogP contribution < -0.4 is 0 Å². The molecular weight excluding hydrogens is 360 g/mol. The quantitative estimate of drug-likeness (QED) is 0.603. The van der Waals surface area contributed by atoms with Crippen molar-refractivity contribution in [1.82, 2.24) is 0 Å². The molecule has 0 aliphatic heterocycles. The predicted octanol–water partition coefficient (Wildman–Crippen LogP) is 4.21. The first-order valence-corrected chi connectivity index (χ1v) is 8.16. The molecule has 0 aliphatic carbocycles. The van der Waals surface area contributed by atoms with E-state index < -0.39 is 0 Å². The number of phenols is 2. The molecule has 2 N–H and O–H groups in total. The number of benzene rings is 2. The van der Waals surface area contributed by atoms with E-state index in [0.717, 1.165) is 5.56 Å². The van der Waals surface area contributed by atoms with Crippen molar-refractivity contribution < 1.29 is 19.7 Å². The number of halogens is 1. The Balaban J connectivity index is 2.02. The van der Waals surface area contributed by atoms with Gasteiger partial charge >= 0.3 is 5.97 Å². The number of hydrogen-bond acceptors (Lipinski definition) is 4. The minimum atomic E-state index is -0.331. The largest absolute Gasteiger partial charge is 0.508 e. The highest BCUT2D eigenvalue weighted by molar-refractivity contribution is 9.10. The van der Waals surface area contributed by atoms with Gasteiger partial charge in [-0.2, -0.15) is 0 Å². The fourth-order valence-electron chi connectivity index (χ4n) is 2.16. The Hall–Kier alpha value is -2.01. The van der Waals surface area contributed by atoms with Gasteiger partial charge in [-0.1, -0.05) is 12.1 Å². The summed E-state index contributed by atoms with van der Waals surface area (Å²) in [5.74, 6) is -0.0848. The van der Waals surface area contributed by atoms with Crippen molar-refractivity contribution in [3.05, 3.63) is 57.6 Å². The number of phenolic OH excluding ortho intramolecular Hbond substituents is 2. The fourth-order valence-corrected chi connectivity index (χ4v) is 2.49. The first kappa shape index (κ1) is 17.3. The standard InChI is InChI=1S/C18H19BrO4/c1-11(2)23-18(22)13-6-3-12(4-7-13)5-8-14-9-17(21)15(19)10-16(14)20/h3-4,6-7,9-11,20-21H,5,8H2,1-2H3. The number of carbonyl (C=O) groups excluding carboxylic acids is 1. The zero-order valence-electron chi connectivity index (χ0n) is 13.0. The molecule has 0 aromatic heterocycles. The average Bonchev–Trinajstić information content (AvgIpc) is 2.49. The van der Waals surface area contributed by atoms with Crippen molar-refractivity contribution in [1.29, 1.82) is 0 Å². The second-order valence-electron chi connectivity index (χ2n) is 5.58. The van der Waals surface area contributed by atoms with E-state index in [1.807, 2.05) is 26.0 Å². The van der Waals surface area contributed by atoms with Crippen LogP contribution in [0.1, 0.15) is 35.3 Å². The van der Waals surface area contributed by atoms with Gasteiger partial charge in [0, 0.05) is 0 Å². The Morgan fingerprint density at radius 2 is 1.74 bits per heavy atom. The summed E-state index contributed by atoms with van der Waals surface area (Å²) in [6.07, 6.45) is 1.13. The highest BCUT2D eigenvalue weighted by Gasteiger charge is 2.10. The molecule has 2 aromatic carbocycles. The Labute approximate surface area is 143 Å². The molecule has 0 atom stereocenters. The summed E-state index contributed by atoms with van der Waals surface area (Å²) in [4.78, 5) is 11.8. The first-order chi connectivity index (χ1) is 10.9. The normalized spacial score (nSPS) is 10.8. The van der Waals surface area contributed by atoms with Gasteiger partial charge in [-0.25, -0.2) is 4.79 Å². The summed E-state index contributed by atoms with van der Waals surface area (Å²) in [5, 5.41) is 19.6. The Morgan fingerprint density at radius 3 is 2.35 bits per heavy atom. The van der Waals surface area contributed by atoms with E-state index in [4.69, 9.17) is 4.74 Å². The van der Waals surface area contributed by atoms with Crippen LogP contribution in [0, 0.1) is 0 Å². The van der Waals surface area contributed by atoms with E-state index in [9.17, 15) is 15.0 Å². The molecule has 2 aromatic rings. The van der Waals surface area contributed by atoms with Gasteiger partial charge in [-0.3, -0.25) is 0 Å². The molecule has 0 unspecified atom stereocenters. The molecule has 2 rings (SSSR count). The van der Waals surface area contributed by atoms with Gasteiger partial charge in [0.05, 0.1) is 16.1 Å². The molecule has 122 valence electrons. The number of hydrogen-bond donors (Lipinski definition) is 2. The monoisotopic (exact) mass is 378 g/mol. The van der Waals surface area contributed by atoms with Crippen LogP contribution in [-0.2, 0) is 17.6 Å². The summed E-state index contributed by atoms with van der Waals surface area (Å²) in [6, 6.07) is 10.2. The molecule has 23 heavy (non-hydrogen) atoms. The highest BCUT2D eigenvalue weighted by Crippen LogP contribution is 2.31. The van der Waals surface area contributed by atoms with E-state index in [1.165, 1.54) is 6.07 Å². The second kappa shape index (κ2) is 7.51. The zero-order chi connectivity index (χ0) is 17.0. The van der Waals surface area contributed by atoms with Crippen molar-refractivity contribution in [2.45, 2.75) is 32.8 Å². The van der Waals surface area contributed by atoms with Crippen molar-refractivity contribution in [2.24, 2.45) is 0 Å². The average molecular weight is 379 g/mol. The van der Waals surface area contributed by atoms with Gasteiger partial charge in [0.2, 0.25) is 0 Å². The van der Waals surface area contributed by atoms with Crippen LogP contribution in [0.3, 0.4) is 0 Å². The number of ether oxygens (including phenoxy) is 1. The summed E-state index contributed by atoms with van der Waals surface area (Å²) < 4.78 is 5.61. The van der Waals surface area contributed by atoms with Crippen LogP contribution in [0.15, 0.2) is 40.9 Å². The molecule has 0 spiro atoms. The van der Waals surface area contributed by atoms with Crippen LogP contribution in [0.25, 0.3) is 0 Å². The minimum absolute atomic E-state index is 0.101. The zero-order valence-corrected chi connectivity index (χ0v) is 14.6. The molecule has 0 amide bonds. The van der Waals surface area contributed by atoms with E-state index in [1.54, 1.807) is 18.2 Å². The third-order valence-electron chi connectivity index (χ3n) is 3.36. The molecule has 0 bridgehead atoms. The van der Waals surface area contributed by atoms with Crippen molar-refractivity contribution >= 4 is 21.9 Å². The van der Waals surface area contributed by atoms with E-state index in [0.29, 0.717) is 28.4 Å². The Bertz CT molecular complexity index is 693. The first-order valence-electron chi connectivity index (χ1n) is 7.37. The topological polar surface area (TPSA) is 66.8 Å². The van der Waals surface area contributed by atoms with E-state index in [2.05, 4.69) is 15.9 Å². The maximum Gasteiger partial charge on any atom is 0.338 e. The molecule has 0 saturated heterocycles. The van der Waals surface area contributed by atoms with Crippen LogP contribution in [-0.4, -0.2) is 22.3 Å². The molecular formula is C18H19BrO4. The number of rotatable bonds is 5.